The third-order valence-electron chi connectivity index (χ3n) is 3.11. The molecule has 2 amide bonds. The molecule has 0 aliphatic rings. The van der Waals surface area contributed by atoms with E-state index in [0.717, 1.165) is 11.6 Å². The van der Waals surface area contributed by atoms with Gasteiger partial charge >= 0.3 is 0 Å². The monoisotopic (exact) mass is 352 g/mol. The molecule has 0 atom stereocenters. The number of benzene rings is 2. The van der Waals surface area contributed by atoms with Crippen molar-refractivity contribution in [2.45, 2.75) is 6.92 Å². The number of carbonyl (C=O) groups excluding carboxylic acids is 2. The van der Waals surface area contributed by atoms with E-state index in [-0.39, 0.29) is 6.61 Å². The van der Waals surface area contributed by atoms with E-state index in [2.05, 4.69) is 5.32 Å². The first-order valence-corrected chi connectivity index (χ1v) is 7.26. The lowest BCUT2D eigenvalue weighted by atomic mass is 10.2. The van der Waals surface area contributed by atoms with Crippen LogP contribution < -0.4 is 15.4 Å². The number of carbonyl (C=O) groups is 2. The summed E-state index contributed by atoms with van der Waals surface area (Å²) in [6.07, 6.45) is 0. The Labute approximate surface area is 141 Å². The van der Waals surface area contributed by atoms with Crippen LogP contribution in [0.25, 0.3) is 0 Å². The molecule has 2 aromatic rings. The maximum absolute atomic E-state index is 13.4. The highest BCUT2D eigenvalue weighted by Gasteiger charge is 2.15. The average molecular weight is 352 g/mol. The van der Waals surface area contributed by atoms with Crippen molar-refractivity contribution in [1.29, 1.82) is 0 Å². The number of hydrogen-bond donors (Lipinski definition) is 2. The minimum atomic E-state index is -1.69. The van der Waals surface area contributed by atoms with Crippen molar-refractivity contribution in [2.24, 2.45) is 0 Å². The van der Waals surface area contributed by atoms with Gasteiger partial charge in [-0.25, -0.2) is 13.2 Å². The summed E-state index contributed by atoms with van der Waals surface area (Å²) in [4.78, 5) is 23.3. The highest BCUT2D eigenvalue weighted by molar-refractivity contribution is 5.94. The number of ether oxygens (including phenoxy) is 1. The van der Waals surface area contributed by atoms with E-state index in [9.17, 15) is 22.8 Å². The Morgan fingerprint density at radius 3 is 2.52 bits per heavy atom. The van der Waals surface area contributed by atoms with Gasteiger partial charge in [0.05, 0.1) is 12.2 Å². The van der Waals surface area contributed by atoms with Gasteiger partial charge in [0.15, 0.2) is 24.1 Å². The van der Waals surface area contributed by atoms with Gasteiger partial charge in [-0.3, -0.25) is 9.59 Å². The van der Waals surface area contributed by atoms with E-state index in [0.29, 0.717) is 11.8 Å². The van der Waals surface area contributed by atoms with Crippen molar-refractivity contribution in [3.05, 3.63) is 59.4 Å². The zero-order chi connectivity index (χ0) is 18.4. The average Bonchev–Trinajstić information content (AvgIpc) is 2.59. The Bertz CT molecular complexity index is 797. The lowest BCUT2D eigenvalue weighted by Crippen LogP contribution is -2.36. The van der Waals surface area contributed by atoms with Gasteiger partial charge in [-0.2, -0.15) is 0 Å². The molecule has 8 heteroatoms. The summed E-state index contributed by atoms with van der Waals surface area (Å²) < 4.78 is 44.5. The van der Waals surface area contributed by atoms with Gasteiger partial charge in [-0.05, 0) is 36.8 Å². The molecule has 0 aromatic heterocycles. The molecule has 0 saturated carbocycles. The standard InChI is InChI=1S/C17H15F3N2O3/c1-10-3-2-4-11(7-10)25-9-15(24)21-8-14(23)22-13-6-5-12(18)16(19)17(13)20/h2-7H,8-9H2,1H3,(H,21,24)(H,22,23). The molecule has 2 aromatic carbocycles. The Kier molecular flexibility index (Phi) is 5.99. The molecule has 2 rings (SSSR count). The second-order valence-electron chi connectivity index (χ2n) is 5.15. The Morgan fingerprint density at radius 2 is 1.80 bits per heavy atom. The topological polar surface area (TPSA) is 67.4 Å². The number of amides is 2. The third kappa shape index (κ3) is 5.23. The molecule has 0 aliphatic heterocycles. The number of halogens is 3. The minimum absolute atomic E-state index is 0.309. The van der Waals surface area contributed by atoms with Gasteiger partial charge in [0.25, 0.3) is 5.91 Å². The van der Waals surface area contributed by atoms with Crippen LogP contribution in [0.15, 0.2) is 36.4 Å². The van der Waals surface area contributed by atoms with Crippen LogP contribution in [0.3, 0.4) is 0 Å². The number of anilines is 1. The maximum Gasteiger partial charge on any atom is 0.258 e. The molecular weight excluding hydrogens is 337 g/mol. The number of rotatable bonds is 6. The fourth-order valence-electron chi connectivity index (χ4n) is 1.90. The van der Waals surface area contributed by atoms with E-state index < -0.39 is 41.5 Å². The summed E-state index contributed by atoms with van der Waals surface area (Å²) in [5.74, 6) is -5.42. The van der Waals surface area contributed by atoms with Crippen LogP contribution in [-0.4, -0.2) is 25.0 Å². The molecule has 132 valence electrons. The van der Waals surface area contributed by atoms with Crippen molar-refractivity contribution in [3.63, 3.8) is 0 Å². The maximum atomic E-state index is 13.4. The van der Waals surface area contributed by atoms with Gasteiger partial charge in [0.2, 0.25) is 5.91 Å². The van der Waals surface area contributed by atoms with Crippen LogP contribution in [0.5, 0.6) is 5.75 Å². The molecule has 5 nitrogen and oxygen atoms in total. The highest BCUT2D eigenvalue weighted by Crippen LogP contribution is 2.19. The van der Waals surface area contributed by atoms with Crippen molar-refractivity contribution in [1.82, 2.24) is 5.32 Å². The Balaban J connectivity index is 1.80. The van der Waals surface area contributed by atoms with Crippen molar-refractivity contribution in [3.8, 4) is 5.75 Å². The summed E-state index contributed by atoms with van der Waals surface area (Å²) >= 11 is 0. The molecule has 0 saturated heterocycles. The zero-order valence-corrected chi connectivity index (χ0v) is 13.2. The molecule has 0 spiro atoms. The summed E-state index contributed by atoms with van der Waals surface area (Å²) in [6.45, 7) is 1.08. The van der Waals surface area contributed by atoms with E-state index in [1.165, 1.54) is 0 Å². The van der Waals surface area contributed by atoms with Crippen LogP contribution in [0.2, 0.25) is 0 Å². The Hall–Kier alpha value is -3.03. The smallest absolute Gasteiger partial charge is 0.258 e. The van der Waals surface area contributed by atoms with Crippen LogP contribution >= 0.6 is 0 Å². The highest BCUT2D eigenvalue weighted by atomic mass is 19.2. The molecule has 2 N–H and O–H groups in total. The molecule has 0 aliphatic carbocycles. The quantitative estimate of drug-likeness (QED) is 0.785. The summed E-state index contributed by atoms with van der Waals surface area (Å²) in [5.41, 5.74) is 0.444. The van der Waals surface area contributed by atoms with E-state index in [1.807, 2.05) is 18.3 Å². The Morgan fingerprint density at radius 1 is 1.04 bits per heavy atom. The van der Waals surface area contributed by atoms with Gasteiger partial charge in [0.1, 0.15) is 5.75 Å². The number of hydrogen-bond acceptors (Lipinski definition) is 3. The van der Waals surface area contributed by atoms with Crippen LogP contribution in [0, 0.1) is 24.4 Å². The van der Waals surface area contributed by atoms with Gasteiger partial charge in [-0.1, -0.05) is 12.1 Å². The van der Waals surface area contributed by atoms with Gasteiger partial charge in [0, 0.05) is 0 Å². The third-order valence-corrected chi connectivity index (χ3v) is 3.11. The molecule has 0 radical (unpaired) electrons. The SMILES string of the molecule is Cc1cccc(OCC(=O)NCC(=O)Nc2ccc(F)c(F)c2F)c1. The van der Waals surface area contributed by atoms with E-state index >= 15 is 0 Å². The van der Waals surface area contributed by atoms with Crippen LogP contribution in [0.1, 0.15) is 5.56 Å². The molecular formula is C17H15F3N2O3. The van der Waals surface area contributed by atoms with Crippen LogP contribution in [0.4, 0.5) is 18.9 Å². The van der Waals surface area contributed by atoms with E-state index in [4.69, 9.17) is 4.74 Å². The summed E-state index contributed by atoms with van der Waals surface area (Å²) in [7, 11) is 0. The first kappa shape index (κ1) is 18.3. The first-order valence-electron chi connectivity index (χ1n) is 7.26. The summed E-state index contributed by atoms with van der Waals surface area (Å²) in [5, 5.41) is 4.31. The van der Waals surface area contributed by atoms with Gasteiger partial charge in [-0.15, -0.1) is 0 Å². The van der Waals surface area contributed by atoms with Crippen molar-refractivity contribution >= 4 is 17.5 Å². The first-order chi connectivity index (χ1) is 11.9. The second kappa shape index (κ2) is 8.18. The zero-order valence-electron chi connectivity index (χ0n) is 13.2. The lowest BCUT2D eigenvalue weighted by molar-refractivity contribution is -0.125. The minimum Gasteiger partial charge on any atom is -0.484 e. The van der Waals surface area contributed by atoms with Crippen molar-refractivity contribution in [2.75, 3.05) is 18.5 Å². The number of nitrogens with one attached hydrogen (secondary N) is 2. The second-order valence-corrected chi connectivity index (χ2v) is 5.15. The fourth-order valence-corrected chi connectivity index (χ4v) is 1.90. The summed E-state index contributed by atoms with van der Waals surface area (Å²) in [6, 6.07) is 8.63. The molecule has 0 unspecified atom stereocenters. The van der Waals surface area contributed by atoms with E-state index in [1.54, 1.807) is 18.2 Å². The number of aryl methyl sites for hydroxylation is 1. The van der Waals surface area contributed by atoms with Gasteiger partial charge < -0.3 is 15.4 Å². The molecule has 0 heterocycles. The molecule has 25 heavy (non-hydrogen) atoms. The predicted molar refractivity (Wildman–Crippen MR) is 84.6 cm³/mol. The molecule has 0 bridgehead atoms. The largest absolute Gasteiger partial charge is 0.484 e. The van der Waals surface area contributed by atoms with Crippen LogP contribution in [-0.2, 0) is 9.59 Å². The van der Waals surface area contributed by atoms with Crippen molar-refractivity contribution < 1.29 is 27.5 Å². The fraction of sp³-hybridized carbons (Fsp3) is 0.176. The lowest BCUT2D eigenvalue weighted by Gasteiger charge is -2.09. The normalized spacial score (nSPS) is 10.2. The predicted octanol–water partition coefficient (Wildman–Crippen LogP) is 2.55. The molecule has 0 fully saturated rings.